The number of nitrogens with one attached hydrogen (secondary N) is 1. The summed E-state index contributed by atoms with van der Waals surface area (Å²) >= 11 is 0. The van der Waals surface area contributed by atoms with E-state index in [1.807, 2.05) is 12.1 Å². The molecular weight excluding hydrogens is 212 g/mol. The van der Waals surface area contributed by atoms with Crippen LogP contribution in [0.25, 0.3) is 0 Å². The molecule has 0 aromatic heterocycles. The summed E-state index contributed by atoms with van der Waals surface area (Å²) in [4.78, 5) is 0. The molecule has 0 amide bonds. The second-order valence-electron chi connectivity index (χ2n) is 3.88. The highest BCUT2D eigenvalue weighted by atomic mass is 32.2. The van der Waals surface area contributed by atoms with E-state index in [1.165, 1.54) is 6.26 Å². The minimum absolute atomic E-state index is 0.505. The van der Waals surface area contributed by atoms with Gasteiger partial charge in [-0.15, -0.1) is 0 Å². The summed E-state index contributed by atoms with van der Waals surface area (Å²) in [6.45, 7) is 0. The van der Waals surface area contributed by atoms with Crippen LogP contribution in [0, 0.1) is 0 Å². The topological polar surface area (TPSA) is 72.2 Å². The van der Waals surface area contributed by atoms with E-state index in [0.29, 0.717) is 12.1 Å². The van der Waals surface area contributed by atoms with Crippen LogP contribution in [0.1, 0.15) is 12.0 Å². The van der Waals surface area contributed by atoms with Crippen molar-refractivity contribution in [1.29, 1.82) is 0 Å². The Morgan fingerprint density at radius 2 is 2.20 bits per heavy atom. The minimum Gasteiger partial charge on any atom is -0.397 e. The van der Waals surface area contributed by atoms with E-state index in [2.05, 4.69) is 5.32 Å². The van der Waals surface area contributed by atoms with Gasteiger partial charge in [-0.05, 0) is 24.5 Å². The molecule has 5 heteroatoms. The monoisotopic (exact) mass is 226 g/mol. The maximum Gasteiger partial charge on any atom is 0.168 e. The number of sulfone groups is 1. The molecule has 0 aliphatic carbocycles. The fraction of sp³-hybridized carbons (Fsp3) is 0.400. The van der Waals surface area contributed by atoms with Gasteiger partial charge in [0.1, 0.15) is 5.37 Å². The average molecular weight is 226 g/mol. The number of rotatable bonds is 1. The van der Waals surface area contributed by atoms with Crippen molar-refractivity contribution in [2.24, 2.45) is 0 Å². The molecule has 1 heterocycles. The molecule has 0 saturated heterocycles. The summed E-state index contributed by atoms with van der Waals surface area (Å²) in [7, 11) is -3.05. The number of aryl methyl sites for hydroxylation is 1. The van der Waals surface area contributed by atoms with Gasteiger partial charge in [0.05, 0.1) is 11.4 Å². The Morgan fingerprint density at radius 3 is 2.87 bits per heavy atom. The lowest BCUT2D eigenvalue weighted by Gasteiger charge is -2.26. The van der Waals surface area contributed by atoms with Crippen LogP contribution in [0.2, 0.25) is 0 Å². The molecule has 3 N–H and O–H groups in total. The molecule has 0 fully saturated rings. The molecule has 1 atom stereocenters. The van der Waals surface area contributed by atoms with Gasteiger partial charge in [-0.1, -0.05) is 12.1 Å². The van der Waals surface area contributed by atoms with Gasteiger partial charge in [0, 0.05) is 6.26 Å². The van der Waals surface area contributed by atoms with Crippen LogP contribution in [-0.4, -0.2) is 20.0 Å². The van der Waals surface area contributed by atoms with E-state index >= 15 is 0 Å². The van der Waals surface area contributed by atoms with Crippen LogP contribution in [-0.2, 0) is 16.3 Å². The Balaban J connectivity index is 2.38. The molecular formula is C10H14N2O2S. The Labute approximate surface area is 89.4 Å². The van der Waals surface area contributed by atoms with Crippen molar-refractivity contribution >= 4 is 21.2 Å². The van der Waals surface area contributed by atoms with Crippen LogP contribution in [0.15, 0.2) is 18.2 Å². The van der Waals surface area contributed by atoms with Gasteiger partial charge in [-0.25, -0.2) is 8.42 Å². The lowest BCUT2D eigenvalue weighted by molar-refractivity contribution is 0.583. The molecule has 1 aromatic rings. The highest BCUT2D eigenvalue weighted by Crippen LogP contribution is 2.31. The van der Waals surface area contributed by atoms with Crippen molar-refractivity contribution in [3.8, 4) is 0 Å². The second-order valence-corrected chi connectivity index (χ2v) is 6.11. The number of fused-ring (bicyclic) bond motifs is 1. The molecule has 1 unspecified atom stereocenters. The first-order chi connectivity index (χ1) is 6.98. The SMILES string of the molecule is CS(=O)(=O)C1CCc2cccc(N)c2N1. The van der Waals surface area contributed by atoms with Crippen LogP contribution in [0.3, 0.4) is 0 Å². The first kappa shape index (κ1) is 10.3. The first-order valence-electron chi connectivity index (χ1n) is 4.81. The van der Waals surface area contributed by atoms with Gasteiger partial charge >= 0.3 is 0 Å². The smallest absolute Gasteiger partial charge is 0.168 e. The molecule has 2 rings (SSSR count). The summed E-state index contributed by atoms with van der Waals surface area (Å²) in [5.41, 5.74) is 8.27. The van der Waals surface area contributed by atoms with Crippen LogP contribution < -0.4 is 11.1 Å². The number of nitrogens with two attached hydrogens (primary N) is 1. The molecule has 4 nitrogen and oxygen atoms in total. The molecule has 0 radical (unpaired) electrons. The second kappa shape index (κ2) is 3.41. The summed E-state index contributed by atoms with van der Waals surface area (Å²) in [6.07, 6.45) is 2.61. The van der Waals surface area contributed by atoms with Gasteiger partial charge in [-0.3, -0.25) is 0 Å². The van der Waals surface area contributed by atoms with E-state index < -0.39 is 15.2 Å². The number of hydrogen-bond donors (Lipinski definition) is 2. The molecule has 1 aromatic carbocycles. The third kappa shape index (κ3) is 1.92. The summed E-state index contributed by atoms with van der Waals surface area (Å²) in [5, 5.41) is 2.49. The van der Waals surface area contributed by atoms with E-state index in [1.54, 1.807) is 6.07 Å². The zero-order valence-electron chi connectivity index (χ0n) is 8.53. The number of para-hydroxylation sites is 1. The summed E-state index contributed by atoms with van der Waals surface area (Å²) in [6, 6.07) is 5.63. The lowest BCUT2D eigenvalue weighted by atomic mass is 10.0. The summed E-state index contributed by atoms with van der Waals surface area (Å²) in [5.74, 6) is 0. The normalized spacial score (nSPS) is 20.5. The van der Waals surface area contributed by atoms with Gasteiger partial charge in [-0.2, -0.15) is 0 Å². The molecule has 15 heavy (non-hydrogen) atoms. The maximum absolute atomic E-state index is 11.4. The highest BCUT2D eigenvalue weighted by Gasteiger charge is 2.26. The fourth-order valence-electron chi connectivity index (χ4n) is 1.85. The molecule has 1 aliphatic heterocycles. The van der Waals surface area contributed by atoms with Crippen molar-refractivity contribution in [2.45, 2.75) is 18.2 Å². The minimum atomic E-state index is -3.05. The molecule has 1 aliphatic rings. The average Bonchev–Trinajstić information content (AvgIpc) is 2.16. The zero-order valence-corrected chi connectivity index (χ0v) is 9.34. The predicted molar refractivity (Wildman–Crippen MR) is 61.4 cm³/mol. The van der Waals surface area contributed by atoms with Crippen LogP contribution >= 0.6 is 0 Å². The van der Waals surface area contributed by atoms with Crippen molar-refractivity contribution in [2.75, 3.05) is 17.3 Å². The third-order valence-electron chi connectivity index (χ3n) is 2.68. The largest absolute Gasteiger partial charge is 0.397 e. The van der Waals surface area contributed by atoms with Crippen LogP contribution in [0.4, 0.5) is 11.4 Å². The highest BCUT2D eigenvalue weighted by molar-refractivity contribution is 7.91. The van der Waals surface area contributed by atoms with Crippen molar-refractivity contribution < 1.29 is 8.42 Å². The molecule has 0 spiro atoms. The Morgan fingerprint density at radius 1 is 1.47 bits per heavy atom. The van der Waals surface area contributed by atoms with Crippen molar-refractivity contribution in [3.63, 3.8) is 0 Å². The van der Waals surface area contributed by atoms with Crippen LogP contribution in [0.5, 0.6) is 0 Å². The Kier molecular flexibility index (Phi) is 2.34. The first-order valence-corrected chi connectivity index (χ1v) is 6.77. The number of anilines is 2. The predicted octanol–water partition coefficient (Wildman–Crippen LogP) is 0.998. The fourth-order valence-corrected chi connectivity index (χ4v) is 2.72. The summed E-state index contributed by atoms with van der Waals surface area (Å²) < 4.78 is 22.8. The lowest BCUT2D eigenvalue weighted by Crippen LogP contribution is -2.33. The zero-order chi connectivity index (χ0) is 11.1. The molecule has 0 bridgehead atoms. The van der Waals surface area contributed by atoms with E-state index in [4.69, 9.17) is 5.73 Å². The Bertz CT molecular complexity index is 482. The van der Waals surface area contributed by atoms with Gasteiger partial charge in [0.15, 0.2) is 9.84 Å². The van der Waals surface area contributed by atoms with Gasteiger partial charge < -0.3 is 11.1 Å². The van der Waals surface area contributed by atoms with E-state index in [9.17, 15) is 8.42 Å². The third-order valence-corrected chi connectivity index (χ3v) is 4.07. The maximum atomic E-state index is 11.4. The number of benzene rings is 1. The van der Waals surface area contributed by atoms with Gasteiger partial charge in [0.2, 0.25) is 0 Å². The van der Waals surface area contributed by atoms with E-state index in [-0.39, 0.29) is 0 Å². The quantitative estimate of drug-likeness (QED) is 0.701. The van der Waals surface area contributed by atoms with E-state index in [0.717, 1.165) is 17.7 Å². The van der Waals surface area contributed by atoms with Gasteiger partial charge in [0.25, 0.3) is 0 Å². The number of hydrogen-bond acceptors (Lipinski definition) is 4. The van der Waals surface area contributed by atoms with Crippen molar-refractivity contribution in [1.82, 2.24) is 0 Å². The Hall–Kier alpha value is -1.23. The van der Waals surface area contributed by atoms with Crippen molar-refractivity contribution in [3.05, 3.63) is 23.8 Å². The number of nitrogen functional groups attached to an aromatic ring is 1. The molecule has 82 valence electrons. The standard InChI is InChI=1S/C10H14N2O2S/c1-15(13,14)9-6-5-7-3-2-4-8(11)10(7)12-9/h2-4,9,12H,5-6,11H2,1H3. The molecule has 0 saturated carbocycles.